The van der Waals surface area contributed by atoms with Crippen LogP contribution in [0.1, 0.15) is 12.6 Å². The van der Waals surface area contributed by atoms with Crippen molar-refractivity contribution in [2.45, 2.75) is 13.8 Å². The third kappa shape index (κ3) is 2.49. The van der Waals surface area contributed by atoms with Crippen molar-refractivity contribution in [2.75, 3.05) is 6.61 Å². The van der Waals surface area contributed by atoms with E-state index in [1.807, 2.05) is 0 Å². The van der Waals surface area contributed by atoms with E-state index >= 15 is 0 Å². The molecule has 0 amide bonds. The van der Waals surface area contributed by atoms with Gasteiger partial charge in [0.05, 0.1) is 17.2 Å². The number of aryl methyl sites for hydroxylation is 1. The van der Waals surface area contributed by atoms with Crippen LogP contribution in [-0.4, -0.2) is 26.4 Å². The number of aromatic hydroxyl groups is 1. The van der Waals surface area contributed by atoms with Gasteiger partial charge in [0.25, 0.3) is 5.69 Å². The van der Waals surface area contributed by atoms with E-state index in [0.717, 1.165) is 0 Å². The van der Waals surface area contributed by atoms with Gasteiger partial charge in [-0.1, -0.05) is 0 Å². The van der Waals surface area contributed by atoms with Crippen LogP contribution in [0, 0.1) is 17.0 Å². The van der Waals surface area contributed by atoms with Gasteiger partial charge in [-0.05, 0) is 19.9 Å². The minimum atomic E-state index is -0.507. The smallest absolute Gasteiger partial charge is 0.271 e. The number of ether oxygens (including phenoxy) is 1. The molecule has 0 bridgehead atoms. The van der Waals surface area contributed by atoms with Crippen molar-refractivity contribution in [1.82, 2.24) is 9.78 Å². The SMILES string of the molecule is CCOc1ccc([N+](=O)[O-])cc1-n1nc(C)cc1O. The van der Waals surface area contributed by atoms with E-state index in [4.69, 9.17) is 4.74 Å². The van der Waals surface area contributed by atoms with Crippen LogP contribution >= 0.6 is 0 Å². The zero-order valence-corrected chi connectivity index (χ0v) is 10.5. The molecule has 1 aromatic heterocycles. The zero-order chi connectivity index (χ0) is 14.0. The lowest BCUT2D eigenvalue weighted by Crippen LogP contribution is -2.03. The summed E-state index contributed by atoms with van der Waals surface area (Å²) in [6.45, 7) is 3.93. The zero-order valence-electron chi connectivity index (χ0n) is 10.5. The van der Waals surface area contributed by atoms with E-state index in [1.165, 1.54) is 28.9 Å². The predicted molar refractivity (Wildman–Crippen MR) is 67.8 cm³/mol. The molecule has 19 heavy (non-hydrogen) atoms. The molecule has 0 aliphatic carbocycles. The summed E-state index contributed by atoms with van der Waals surface area (Å²) in [5.41, 5.74) is 0.846. The fraction of sp³-hybridized carbons (Fsp3) is 0.250. The Kier molecular flexibility index (Phi) is 3.37. The van der Waals surface area contributed by atoms with Gasteiger partial charge in [-0.2, -0.15) is 9.78 Å². The number of hydrogen-bond donors (Lipinski definition) is 1. The minimum Gasteiger partial charge on any atom is -0.493 e. The molecule has 7 nitrogen and oxygen atoms in total. The van der Waals surface area contributed by atoms with Crippen LogP contribution in [0.5, 0.6) is 11.6 Å². The maximum absolute atomic E-state index is 10.8. The molecule has 0 unspecified atom stereocenters. The van der Waals surface area contributed by atoms with Crippen LogP contribution in [0.4, 0.5) is 5.69 Å². The highest BCUT2D eigenvalue weighted by atomic mass is 16.6. The average Bonchev–Trinajstić information content (AvgIpc) is 2.69. The molecular weight excluding hydrogens is 250 g/mol. The molecule has 0 saturated carbocycles. The number of hydrogen-bond acceptors (Lipinski definition) is 5. The van der Waals surface area contributed by atoms with Gasteiger partial charge >= 0.3 is 0 Å². The van der Waals surface area contributed by atoms with E-state index in [9.17, 15) is 15.2 Å². The molecule has 1 N–H and O–H groups in total. The van der Waals surface area contributed by atoms with Gasteiger partial charge in [-0.25, -0.2) is 0 Å². The van der Waals surface area contributed by atoms with E-state index in [0.29, 0.717) is 23.7 Å². The second kappa shape index (κ2) is 4.97. The molecule has 7 heteroatoms. The van der Waals surface area contributed by atoms with E-state index in [1.54, 1.807) is 13.8 Å². The summed E-state index contributed by atoms with van der Waals surface area (Å²) in [5, 5.41) is 24.7. The lowest BCUT2D eigenvalue weighted by Gasteiger charge is -2.10. The fourth-order valence-electron chi connectivity index (χ4n) is 1.73. The van der Waals surface area contributed by atoms with Crippen molar-refractivity contribution < 1.29 is 14.8 Å². The van der Waals surface area contributed by atoms with Crippen LogP contribution in [0.25, 0.3) is 5.69 Å². The van der Waals surface area contributed by atoms with Crippen molar-refractivity contribution >= 4 is 5.69 Å². The fourth-order valence-corrected chi connectivity index (χ4v) is 1.73. The molecule has 0 atom stereocenters. The first kappa shape index (κ1) is 12.9. The largest absolute Gasteiger partial charge is 0.493 e. The monoisotopic (exact) mass is 263 g/mol. The highest BCUT2D eigenvalue weighted by Gasteiger charge is 2.16. The lowest BCUT2D eigenvalue weighted by molar-refractivity contribution is -0.384. The molecule has 0 aliphatic rings. The first-order valence-corrected chi connectivity index (χ1v) is 5.70. The number of non-ortho nitro benzene ring substituents is 1. The van der Waals surface area contributed by atoms with Gasteiger partial charge in [-0.3, -0.25) is 10.1 Å². The Bertz CT molecular complexity index is 621. The van der Waals surface area contributed by atoms with Crippen LogP contribution in [0.15, 0.2) is 24.3 Å². The Hall–Kier alpha value is -2.57. The molecule has 2 rings (SSSR count). The standard InChI is InChI=1S/C12H13N3O4/c1-3-19-11-5-4-9(15(17)18)7-10(11)14-12(16)6-8(2)13-14/h4-7,16H,3H2,1-2H3. The second-order valence-corrected chi connectivity index (χ2v) is 3.90. The molecule has 0 aliphatic heterocycles. The topological polar surface area (TPSA) is 90.4 Å². The van der Waals surface area contributed by atoms with E-state index in [-0.39, 0.29) is 11.6 Å². The molecule has 0 spiro atoms. The van der Waals surface area contributed by atoms with Crippen molar-refractivity contribution in [3.63, 3.8) is 0 Å². The highest BCUT2D eigenvalue weighted by molar-refractivity contribution is 5.54. The van der Waals surface area contributed by atoms with Gasteiger partial charge < -0.3 is 9.84 Å². The van der Waals surface area contributed by atoms with Crippen LogP contribution in [-0.2, 0) is 0 Å². The molecular formula is C12H13N3O4. The Morgan fingerprint density at radius 2 is 2.21 bits per heavy atom. The number of nitro groups is 1. The second-order valence-electron chi connectivity index (χ2n) is 3.90. The maximum Gasteiger partial charge on any atom is 0.271 e. The molecule has 1 heterocycles. The van der Waals surface area contributed by atoms with Gasteiger partial charge in [0, 0.05) is 18.2 Å². The Morgan fingerprint density at radius 1 is 1.47 bits per heavy atom. The predicted octanol–water partition coefficient (Wildman–Crippen LogP) is 2.19. The Morgan fingerprint density at radius 3 is 2.74 bits per heavy atom. The lowest BCUT2D eigenvalue weighted by atomic mass is 10.2. The summed E-state index contributed by atoms with van der Waals surface area (Å²) >= 11 is 0. The molecule has 0 saturated heterocycles. The number of aromatic nitrogens is 2. The maximum atomic E-state index is 10.8. The average molecular weight is 263 g/mol. The molecule has 100 valence electrons. The van der Waals surface area contributed by atoms with Crippen LogP contribution in [0.3, 0.4) is 0 Å². The van der Waals surface area contributed by atoms with Gasteiger partial charge in [0.2, 0.25) is 5.88 Å². The summed E-state index contributed by atoms with van der Waals surface area (Å²) in [4.78, 5) is 10.3. The van der Waals surface area contributed by atoms with Crippen molar-refractivity contribution in [2.24, 2.45) is 0 Å². The summed E-state index contributed by atoms with van der Waals surface area (Å²) in [6, 6.07) is 5.63. The van der Waals surface area contributed by atoms with E-state index in [2.05, 4.69) is 5.10 Å². The van der Waals surface area contributed by atoms with Crippen molar-refractivity contribution in [3.05, 3.63) is 40.1 Å². The summed E-state index contributed by atoms with van der Waals surface area (Å²) < 4.78 is 6.61. The minimum absolute atomic E-state index is 0.0917. The molecule has 2 aromatic rings. The van der Waals surface area contributed by atoms with Crippen LogP contribution < -0.4 is 4.74 Å². The summed E-state index contributed by atoms with van der Waals surface area (Å²) in [5.74, 6) is 0.324. The third-order valence-corrected chi connectivity index (χ3v) is 2.49. The molecule has 0 radical (unpaired) electrons. The summed E-state index contributed by atoms with van der Waals surface area (Å²) in [6.07, 6.45) is 0. The highest BCUT2D eigenvalue weighted by Crippen LogP contribution is 2.30. The Labute approximate surface area is 109 Å². The van der Waals surface area contributed by atoms with Crippen molar-refractivity contribution in [1.29, 1.82) is 0 Å². The first-order valence-electron chi connectivity index (χ1n) is 5.70. The first-order chi connectivity index (χ1) is 9.02. The van der Waals surface area contributed by atoms with Crippen LogP contribution in [0.2, 0.25) is 0 Å². The summed E-state index contributed by atoms with van der Waals surface area (Å²) in [7, 11) is 0. The van der Waals surface area contributed by atoms with Gasteiger partial charge in [0.1, 0.15) is 11.4 Å². The number of nitrogens with zero attached hydrogens (tertiary/aromatic N) is 3. The van der Waals surface area contributed by atoms with E-state index < -0.39 is 4.92 Å². The van der Waals surface area contributed by atoms with Gasteiger partial charge in [-0.15, -0.1) is 0 Å². The third-order valence-electron chi connectivity index (χ3n) is 2.49. The Balaban J connectivity index is 2.60. The number of nitro benzene ring substituents is 1. The van der Waals surface area contributed by atoms with Gasteiger partial charge in [0.15, 0.2) is 0 Å². The van der Waals surface area contributed by atoms with Crippen molar-refractivity contribution in [3.8, 4) is 17.3 Å². The number of rotatable bonds is 4. The quantitative estimate of drug-likeness (QED) is 0.674. The molecule has 0 fully saturated rings. The molecule has 1 aromatic carbocycles. The normalized spacial score (nSPS) is 10.4. The number of benzene rings is 1.